The molecular formula is C14H11F3N2O2. The lowest BCUT2D eigenvalue weighted by atomic mass is 10.2. The number of benzene rings is 1. The molecule has 0 aliphatic carbocycles. The zero-order valence-electron chi connectivity index (χ0n) is 10.9. The zero-order valence-corrected chi connectivity index (χ0v) is 10.9. The fraction of sp³-hybridized carbons (Fsp3) is 0.143. The molecule has 21 heavy (non-hydrogen) atoms. The Morgan fingerprint density at radius 3 is 2.62 bits per heavy atom. The second-order valence-electron chi connectivity index (χ2n) is 4.22. The molecule has 1 heterocycles. The highest BCUT2D eigenvalue weighted by Gasteiger charge is 2.31. The molecule has 0 fully saturated rings. The van der Waals surface area contributed by atoms with Crippen molar-refractivity contribution in [3.05, 3.63) is 53.9 Å². The molecule has 0 atom stereocenters. The van der Waals surface area contributed by atoms with Crippen molar-refractivity contribution >= 4 is 11.6 Å². The molecule has 1 amide bonds. The molecule has 1 aromatic carbocycles. The fourth-order valence-corrected chi connectivity index (χ4v) is 1.58. The summed E-state index contributed by atoms with van der Waals surface area (Å²) in [6.07, 6.45) is -3.38. The molecule has 0 saturated heterocycles. The van der Waals surface area contributed by atoms with Crippen molar-refractivity contribution < 1.29 is 22.7 Å². The predicted molar refractivity (Wildman–Crippen MR) is 70.1 cm³/mol. The molecule has 0 aliphatic rings. The number of nitrogens with one attached hydrogen (secondary N) is 1. The molecule has 0 radical (unpaired) electrons. The molecule has 2 rings (SSSR count). The normalized spacial score (nSPS) is 11.0. The van der Waals surface area contributed by atoms with Gasteiger partial charge in [0.1, 0.15) is 5.75 Å². The van der Waals surface area contributed by atoms with E-state index in [0.29, 0.717) is 5.56 Å². The quantitative estimate of drug-likeness (QED) is 0.942. The number of alkyl halides is 3. The van der Waals surface area contributed by atoms with Crippen molar-refractivity contribution in [1.82, 2.24) is 4.98 Å². The van der Waals surface area contributed by atoms with E-state index in [1.807, 2.05) is 0 Å². The average molecular weight is 296 g/mol. The summed E-state index contributed by atoms with van der Waals surface area (Å²) in [5.74, 6) is -0.867. The van der Waals surface area contributed by atoms with Gasteiger partial charge < -0.3 is 10.1 Å². The predicted octanol–water partition coefficient (Wildman–Crippen LogP) is 3.54. The first-order valence-corrected chi connectivity index (χ1v) is 5.93. The second kappa shape index (κ2) is 5.82. The number of rotatable bonds is 3. The Bertz CT molecular complexity index is 639. The number of ether oxygens (including phenoxy) is 1. The van der Waals surface area contributed by atoms with Crippen LogP contribution >= 0.6 is 0 Å². The first-order valence-electron chi connectivity index (χ1n) is 5.93. The molecule has 2 aromatic rings. The van der Waals surface area contributed by atoms with Gasteiger partial charge in [-0.05, 0) is 31.2 Å². The molecule has 0 saturated carbocycles. The van der Waals surface area contributed by atoms with Gasteiger partial charge in [0, 0.05) is 23.6 Å². The molecule has 7 heteroatoms. The molecular weight excluding hydrogens is 285 g/mol. The van der Waals surface area contributed by atoms with Crippen LogP contribution in [-0.2, 0) is 0 Å². The van der Waals surface area contributed by atoms with E-state index in [1.165, 1.54) is 18.3 Å². The Kier molecular flexibility index (Phi) is 4.11. The third-order valence-corrected chi connectivity index (χ3v) is 2.50. The molecule has 0 spiro atoms. The second-order valence-corrected chi connectivity index (χ2v) is 4.22. The number of nitrogens with zero attached hydrogens (tertiary/aromatic N) is 1. The highest BCUT2D eigenvalue weighted by molar-refractivity contribution is 6.04. The minimum atomic E-state index is -4.77. The number of pyridine rings is 1. The number of carbonyl (C=O) groups is 1. The lowest BCUT2D eigenvalue weighted by molar-refractivity contribution is -0.274. The molecule has 0 aliphatic heterocycles. The summed E-state index contributed by atoms with van der Waals surface area (Å²) in [6, 6.07) is 8.29. The number of aryl methyl sites for hydroxylation is 1. The van der Waals surface area contributed by atoms with Gasteiger partial charge in [-0.25, -0.2) is 0 Å². The van der Waals surface area contributed by atoms with Gasteiger partial charge in [0.05, 0.1) is 5.56 Å². The Hall–Kier alpha value is -2.57. The lowest BCUT2D eigenvalue weighted by Gasteiger charge is -2.10. The standard InChI is InChI=1S/C14H11F3N2O2/c1-9-5-6-10(8-18-9)13(20)19-11-3-2-4-12(7-11)21-14(15,16)17/h2-8H,1H3,(H,19,20). The minimum absolute atomic E-state index is 0.197. The van der Waals surface area contributed by atoms with Crippen LogP contribution in [0.3, 0.4) is 0 Å². The summed E-state index contributed by atoms with van der Waals surface area (Å²) in [6.45, 7) is 1.78. The highest BCUT2D eigenvalue weighted by atomic mass is 19.4. The third kappa shape index (κ3) is 4.48. The number of amides is 1. The van der Waals surface area contributed by atoms with Crippen LogP contribution in [0.4, 0.5) is 18.9 Å². The van der Waals surface area contributed by atoms with Crippen molar-refractivity contribution in [3.63, 3.8) is 0 Å². The van der Waals surface area contributed by atoms with Gasteiger partial charge in [-0.2, -0.15) is 0 Å². The summed E-state index contributed by atoms with van der Waals surface area (Å²) in [5.41, 5.74) is 1.26. The Morgan fingerprint density at radius 2 is 2.00 bits per heavy atom. The van der Waals surface area contributed by atoms with Crippen molar-refractivity contribution in [3.8, 4) is 5.75 Å². The van der Waals surface area contributed by atoms with Crippen LogP contribution in [0.1, 0.15) is 16.1 Å². The van der Waals surface area contributed by atoms with E-state index in [-0.39, 0.29) is 5.69 Å². The summed E-state index contributed by atoms with van der Waals surface area (Å²) in [5, 5.41) is 2.48. The van der Waals surface area contributed by atoms with Crippen molar-refractivity contribution in [1.29, 1.82) is 0 Å². The Morgan fingerprint density at radius 1 is 1.24 bits per heavy atom. The average Bonchev–Trinajstić information content (AvgIpc) is 2.37. The van der Waals surface area contributed by atoms with Crippen molar-refractivity contribution in [2.24, 2.45) is 0 Å². The molecule has 0 unspecified atom stereocenters. The van der Waals surface area contributed by atoms with Gasteiger partial charge in [-0.3, -0.25) is 9.78 Å². The summed E-state index contributed by atoms with van der Waals surface area (Å²) in [4.78, 5) is 15.9. The number of aromatic nitrogens is 1. The van der Waals surface area contributed by atoms with Crippen LogP contribution in [0.5, 0.6) is 5.75 Å². The van der Waals surface area contributed by atoms with E-state index in [2.05, 4.69) is 15.0 Å². The van der Waals surface area contributed by atoms with Gasteiger partial charge >= 0.3 is 6.36 Å². The summed E-state index contributed by atoms with van der Waals surface area (Å²) < 4.78 is 40.1. The lowest BCUT2D eigenvalue weighted by Crippen LogP contribution is -2.17. The van der Waals surface area contributed by atoms with Gasteiger partial charge in [-0.15, -0.1) is 13.2 Å². The maximum Gasteiger partial charge on any atom is 0.573 e. The van der Waals surface area contributed by atoms with E-state index < -0.39 is 18.0 Å². The van der Waals surface area contributed by atoms with Crippen LogP contribution in [0.2, 0.25) is 0 Å². The van der Waals surface area contributed by atoms with Gasteiger partial charge in [-0.1, -0.05) is 6.07 Å². The molecule has 0 bridgehead atoms. The van der Waals surface area contributed by atoms with E-state index >= 15 is 0 Å². The maximum atomic E-state index is 12.1. The van der Waals surface area contributed by atoms with Gasteiger partial charge in [0.25, 0.3) is 5.91 Å². The fourth-order valence-electron chi connectivity index (χ4n) is 1.58. The number of hydrogen-bond acceptors (Lipinski definition) is 3. The van der Waals surface area contributed by atoms with Crippen LogP contribution in [0, 0.1) is 6.92 Å². The number of hydrogen-bond donors (Lipinski definition) is 1. The number of anilines is 1. The van der Waals surface area contributed by atoms with E-state index in [1.54, 1.807) is 19.1 Å². The van der Waals surface area contributed by atoms with Crippen molar-refractivity contribution in [2.45, 2.75) is 13.3 Å². The van der Waals surface area contributed by atoms with E-state index in [0.717, 1.165) is 17.8 Å². The molecule has 1 aromatic heterocycles. The van der Waals surface area contributed by atoms with Gasteiger partial charge in [0.15, 0.2) is 0 Å². The first kappa shape index (κ1) is 14.8. The largest absolute Gasteiger partial charge is 0.573 e. The van der Waals surface area contributed by atoms with Crippen LogP contribution in [0.15, 0.2) is 42.6 Å². The van der Waals surface area contributed by atoms with Crippen LogP contribution in [0.25, 0.3) is 0 Å². The monoisotopic (exact) mass is 296 g/mol. The Labute approximate surface area is 118 Å². The Balaban J connectivity index is 2.10. The minimum Gasteiger partial charge on any atom is -0.406 e. The van der Waals surface area contributed by atoms with E-state index in [4.69, 9.17) is 0 Å². The topological polar surface area (TPSA) is 51.2 Å². The SMILES string of the molecule is Cc1ccc(C(=O)Nc2cccc(OC(F)(F)F)c2)cn1. The smallest absolute Gasteiger partial charge is 0.406 e. The highest BCUT2D eigenvalue weighted by Crippen LogP contribution is 2.25. The molecule has 110 valence electrons. The number of carbonyl (C=O) groups excluding carboxylic acids is 1. The molecule has 1 N–H and O–H groups in total. The van der Waals surface area contributed by atoms with Crippen LogP contribution < -0.4 is 10.1 Å². The maximum absolute atomic E-state index is 12.1. The first-order chi connectivity index (χ1) is 9.83. The zero-order chi connectivity index (χ0) is 15.5. The molecule has 4 nitrogen and oxygen atoms in total. The van der Waals surface area contributed by atoms with Crippen molar-refractivity contribution in [2.75, 3.05) is 5.32 Å². The van der Waals surface area contributed by atoms with E-state index in [9.17, 15) is 18.0 Å². The summed E-state index contributed by atoms with van der Waals surface area (Å²) >= 11 is 0. The third-order valence-electron chi connectivity index (χ3n) is 2.50. The van der Waals surface area contributed by atoms with Gasteiger partial charge in [0.2, 0.25) is 0 Å². The summed E-state index contributed by atoms with van der Waals surface area (Å²) in [7, 11) is 0. The van der Waals surface area contributed by atoms with Crippen LogP contribution in [-0.4, -0.2) is 17.3 Å². The number of halogens is 3.